The highest BCUT2D eigenvalue weighted by Crippen LogP contribution is 2.41. The van der Waals surface area contributed by atoms with Crippen LogP contribution in [0.4, 0.5) is 4.79 Å². The molecule has 26 heavy (non-hydrogen) atoms. The van der Waals surface area contributed by atoms with Crippen LogP contribution in [-0.2, 0) is 16.1 Å². The van der Waals surface area contributed by atoms with Gasteiger partial charge in [0.05, 0.1) is 5.41 Å². The van der Waals surface area contributed by atoms with Gasteiger partial charge in [0, 0.05) is 26.2 Å². The minimum absolute atomic E-state index is 0.261. The van der Waals surface area contributed by atoms with Crippen molar-refractivity contribution in [3.8, 4) is 0 Å². The fourth-order valence-electron chi connectivity index (χ4n) is 4.01. The van der Waals surface area contributed by atoms with Gasteiger partial charge in [-0.2, -0.15) is 0 Å². The highest BCUT2D eigenvalue weighted by molar-refractivity contribution is 5.84. The minimum Gasteiger partial charge on any atom is -0.444 e. The van der Waals surface area contributed by atoms with Crippen molar-refractivity contribution < 1.29 is 14.3 Å². The first-order valence-electron chi connectivity index (χ1n) is 9.60. The van der Waals surface area contributed by atoms with E-state index in [9.17, 15) is 9.59 Å². The summed E-state index contributed by atoms with van der Waals surface area (Å²) in [7, 11) is 0. The van der Waals surface area contributed by atoms with E-state index in [1.807, 2.05) is 43.9 Å². The van der Waals surface area contributed by atoms with Crippen molar-refractivity contribution in [1.82, 2.24) is 9.80 Å². The van der Waals surface area contributed by atoms with Crippen LogP contribution >= 0.6 is 0 Å². The van der Waals surface area contributed by atoms with Crippen LogP contribution in [0.5, 0.6) is 0 Å². The minimum atomic E-state index is -0.487. The Hall–Kier alpha value is -2.04. The number of hydrogen-bond acceptors (Lipinski definition) is 3. The van der Waals surface area contributed by atoms with E-state index in [1.165, 1.54) is 5.56 Å². The maximum atomic E-state index is 13.2. The highest BCUT2D eigenvalue weighted by Gasteiger charge is 2.46. The summed E-state index contributed by atoms with van der Waals surface area (Å²) in [4.78, 5) is 29.2. The van der Waals surface area contributed by atoms with Crippen molar-refractivity contribution in [2.24, 2.45) is 5.41 Å². The number of benzene rings is 1. The molecule has 142 valence electrons. The number of ether oxygens (including phenoxy) is 1. The van der Waals surface area contributed by atoms with Crippen LogP contribution < -0.4 is 0 Å². The van der Waals surface area contributed by atoms with Crippen molar-refractivity contribution in [2.45, 2.75) is 58.6 Å². The van der Waals surface area contributed by atoms with Crippen LogP contribution in [0.15, 0.2) is 30.3 Å². The third-order valence-electron chi connectivity index (χ3n) is 5.41. The summed E-state index contributed by atoms with van der Waals surface area (Å²) in [6.45, 7) is 8.33. The second-order valence-electron chi connectivity index (χ2n) is 8.56. The van der Waals surface area contributed by atoms with E-state index in [0.717, 1.165) is 32.2 Å². The number of amides is 2. The fourth-order valence-corrected chi connectivity index (χ4v) is 4.01. The predicted octanol–water partition coefficient (Wildman–Crippen LogP) is 3.83. The highest BCUT2D eigenvalue weighted by atomic mass is 16.6. The van der Waals surface area contributed by atoms with Crippen molar-refractivity contribution in [3.05, 3.63) is 35.9 Å². The van der Waals surface area contributed by atoms with Crippen LogP contribution in [-0.4, -0.2) is 47.0 Å². The van der Waals surface area contributed by atoms with E-state index in [2.05, 4.69) is 12.1 Å². The average molecular weight is 358 g/mol. The first-order chi connectivity index (χ1) is 12.3. The molecule has 2 heterocycles. The number of hydrogen-bond donors (Lipinski definition) is 0. The molecule has 0 aliphatic carbocycles. The van der Waals surface area contributed by atoms with Gasteiger partial charge in [-0.25, -0.2) is 4.79 Å². The summed E-state index contributed by atoms with van der Waals surface area (Å²) in [5.74, 6) is 0.261. The molecule has 1 aromatic rings. The van der Waals surface area contributed by atoms with Gasteiger partial charge >= 0.3 is 6.09 Å². The normalized spacial score (nSPS) is 20.3. The number of likely N-dealkylation sites (tertiary alicyclic amines) is 2. The molecule has 5 heteroatoms. The Labute approximate surface area is 156 Å². The lowest BCUT2D eigenvalue weighted by Crippen LogP contribution is -2.54. The molecule has 2 aliphatic rings. The van der Waals surface area contributed by atoms with Gasteiger partial charge in [0.1, 0.15) is 5.60 Å². The van der Waals surface area contributed by atoms with Gasteiger partial charge in [-0.3, -0.25) is 4.79 Å². The second kappa shape index (κ2) is 7.29. The molecular weight excluding hydrogens is 328 g/mol. The van der Waals surface area contributed by atoms with E-state index in [0.29, 0.717) is 19.6 Å². The smallest absolute Gasteiger partial charge is 0.410 e. The lowest BCUT2D eigenvalue weighted by atomic mass is 9.71. The van der Waals surface area contributed by atoms with E-state index < -0.39 is 5.60 Å². The van der Waals surface area contributed by atoms with Gasteiger partial charge in [0.15, 0.2) is 0 Å². The summed E-state index contributed by atoms with van der Waals surface area (Å²) in [5.41, 5.74) is 0.384. The zero-order chi connectivity index (χ0) is 18.8. The maximum Gasteiger partial charge on any atom is 0.410 e. The molecule has 3 rings (SSSR count). The van der Waals surface area contributed by atoms with Crippen LogP contribution in [0.1, 0.15) is 52.0 Å². The Morgan fingerprint density at radius 3 is 2.35 bits per heavy atom. The third-order valence-corrected chi connectivity index (χ3v) is 5.41. The fraction of sp³-hybridized carbons (Fsp3) is 0.619. The third kappa shape index (κ3) is 4.19. The zero-order valence-corrected chi connectivity index (χ0v) is 16.2. The quantitative estimate of drug-likeness (QED) is 0.807. The molecule has 2 fully saturated rings. The van der Waals surface area contributed by atoms with Crippen molar-refractivity contribution in [3.63, 3.8) is 0 Å². The molecule has 0 unspecified atom stereocenters. The molecule has 2 amide bonds. The Morgan fingerprint density at radius 2 is 1.73 bits per heavy atom. The number of carbonyl (C=O) groups excluding carboxylic acids is 2. The molecule has 0 atom stereocenters. The standard InChI is InChI=1S/C21H30N2O3/c1-20(2,3)26-19(25)22-14-11-21(12-15-22)10-7-13-23(18(21)24)16-17-8-5-4-6-9-17/h4-6,8-9H,7,10-16H2,1-3H3. The molecule has 1 spiro atoms. The summed E-state index contributed by atoms with van der Waals surface area (Å²) >= 11 is 0. The Bertz CT molecular complexity index is 643. The van der Waals surface area contributed by atoms with Gasteiger partial charge in [0.25, 0.3) is 0 Å². The van der Waals surface area contributed by atoms with E-state index in [-0.39, 0.29) is 17.4 Å². The molecule has 0 saturated carbocycles. The molecule has 0 N–H and O–H groups in total. The number of nitrogens with zero attached hydrogens (tertiary/aromatic N) is 2. The van der Waals surface area contributed by atoms with Crippen molar-refractivity contribution >= 4 is 12.0 Å². The van der Waals surface area contributed by atoms with Gasteiger partial charge in [-0.05, 0) is 52.0 Å². The lowest BCUT2D eigenvalue weighted by molar-refractivity contribution is -0.150. The van der Waals surface area contributed by atoms with Gasteiger partial charge in [-0.15, -0.1) is 0 Å². The summed E-state index contributed by atoms with van der Waals surface area (Å²) in [5, 5.41) is 0. The topological polar surface area (TPSA) is 49.9 Å². The Balaban J connectivity index is 1.62. The molecule has 2 saturated heterocycles. The molecule has 0 aromatic heterocycles. The average Bonchev–Trinajstić information content (AvgIpc) is 2.59. The lowest BCUT2D eigenvalue weighted by Gasteiger charge is -2.46. The van der Waals surface area contributed by atoms with E-state index >= 15 is 0 Å². The van der Waals surface area contributed by atoms with E-state index in [1.54, 1.807) is 4.90 Å². The number of rotatable bonds is 2. The van der Waals surface area contributed by atoms with Crippen molar-refractivity contribution in [2.75, 3.05) is 19.6 Å². The summed E-state index contributed by atoms with van der Waals surface area (Å²) in [6.07, 6.45) is 3.16. The maximum absolute atomic E-state index is 13.2. The zero-order valence-electron chi connectivity index (χ0n) is 16.2. The first-order valence-corrected chi connectivity index (χ1v) is 9.60. The summed E-state index contributed by atoms with van der Waals surface area (Å²) in [6, 6.07) is 10.2. The largest absolute Gasteiger partial charge is 0.444 e. The van der Waals surface area contributed by atoms with Gasteiger partial charge < -0.3 is 14.5 Å². The Morgan fingerprint density at radius 1 is 1.08 bits per heavy atom. The molecule has 0 bridgehead atoms. The second-order valence-corrected chi connectivity index (χ2v) is 8.56. The van der Waals surface area contributed by atoms with Crippen LogP contribution in [0.3, 0.4) is 0 Å². The Kier molecular flexibility index (Phi) is 5.26. The predicted molar refractivity (Wildman–Crippen MR) is 101 cm³/mol. The molecule has 5 nitrogen and oxygen atoms in total. The van der Waals surface area contributed by atoms with Crippen molar-refractivity contribution in [1.29, 1.82) is 0 Å². The number of carbonyl (C=O) groups is 2. The molecule has 2 aliphatic heterocycles. The SMILES string of the molecule is CC(C)(C)OC(=O)N1CCC2(CCCN(Cc3ccccc3)C2=O)CC1. The molecule has 1 aromatic carbocycles. The van der Waals surface area contributed by atoms with Crippen LogP contribution in [0.25, 0.3) is 0 Å². The molecule has 0 radical (unpaired) electrons. The van der Waals surface area contributed by atoms with Gasteiger partial charge in [-0.1, -0.05) is 30.3 Å². The van der Waals surface area contributed by atoms with E-state index in [4.69, 9.17) is 4.74 Å². The molecular formula is C21H30N2O3. The van der Waals surface area contributed by atoms with Crippen LogP contribution in [0, 0.1) is 5.41 Å². The van der Waals surface area contributed by atoms with Crippen LogP contribution in [0.2, 0.25) is 0 Å². The first kappa shape index (κ1) is 18.7. The van der Waals surface area contributed by atoms with Gasteiger partial charge in [0.2, 0.25) is 5.91 Å². The monoisotopic (exact) mass is 358 g/mol. The summed E-state index contributed by atoms with van der Waals surface area (Å²) < 4.78 is 5.47. The number of piperidine rings is 2.